The Balaban J connectivity index is 3.48. The minimum atomic E-state index is -0.992. The highest BCUT2D eigenvalue weighted by Gasteiger charge is 2.25. The third kappa shape index (κ3) is 14.5. The lowest BCUT2D eigenvalue weighted by Gasteiger charge is -2.21. The van der Waals surface area contributed by atoms with Crippen LogP contribution in [0.3, 0.4) is 0 Å². The molecule has 0 aliphatic carbocycles. The van der Waals surface area contributed by atoms with Gasteiger partial charge in [-0.05, 0) is 27.2 Å². The molecular weight excluding hydrogens is 328 g/mol. The predicted molar refractivity (Wildman–Crippen MR) is 108 cm³/mol. The molecule has 4 heteroatoms. The molecule has 0 radical (unpaired) electrons. The Hall–Kier alpha value is -0.610. The number of unbranched alkanes of at least 4 members (excludes halogenated alkanes) is 11. The monoisotopic (exact) mass is 372 g/mol. The van der Waals surface area contributed by atoms with Crippen molar-refractivity contribution in [3.8, 4) is 0 Å². The molecular formula is C22H44O4. The number of aliphatic hydroxyl groups excluding tert-OH is 2. The van der Waals surface area contributed by atoms with E-state index in [0.29, 0.717) is 6.42 Å². The van der Waals surface area contributed by atoms with E-state index >= 15 is 0 Å². The van der Waals surface area contributed by atoms with E-state index in [0.717, 1.165) is 12.8 Å². The van der Waals surface area contributed by atoms with Gasteiger partial charge in [0, 0.05) is 0 Å². The molecule has 0 rings (SSSR count). The Kier molecular flexibility index (Phi) is 15.1. The first kappa shape index (κ1) is 25.4. The third-order valence-electron chi connectivity index (χ3n) is 4.80. The van der Waals surface area contributed by atoms with Crippen LogP contribution in [-0.2, 0) is 9.53 Å². The van der Waals surface area contributed by atoms with E-state index < -0.39 is 17.6 Å². The molecule has 0 saturated carbocycles. The zero-order chi connectivity index (χ0) is 19.8. The molecule has 4 nitrogen and oxygen atoms in total. The molecule has 0 aromatic heterocycles. The zero-order valence-corrected chi connectivity index (χ0v) is 17.8. The van der Waals surface area contributed by atoms with E-state index in [2.05, 4.69) is 6.92 Å². The molecule has 0 aromatic carbocycles. The second-order valence-electron chi connectivity index (χ2n) is 8.66. The lowest BCUT2D eigenvalue weighted by Crippen LogP contribution is -2.34. The summed E-state index contributed by atoms with van der Waals surface area (Å²) in [5.41, 5.74) is -0.583. The maximum absolute atomic E-state index is 11.6. The first-order valence-corrected chi connectivity index (χ1v) is 10.8. The lowest BCUT2D eigenvalue weighted by atomic mass is 9.97. The van der Waals surface area contributed by atoms with Gasteiger partial charge in [0.05, 0.1) is 11.5 Å². The number of ether oxygens (including phenoxy) is 1. The van der Waals surface area contributed by atoms with Crippen molar-refractivity contribution in [2.75, 3.05) is 6.61 Å². The minimum absolute atomic E-state index is 0.129. The fourth-order valence-corrected chi connectivity index (χ4v) is 2.88. The van der Waals surface area contributed by atoms with Gasteiger partial charge in [0.15, 0.2) is 0 Å². The number of aliphatic hydroxyl groups is 2. The molecule has 0 fully saturated rings. The van der Waals surface area contributed by atoms with Gasteiger partial charge >= 0.3 is 5.97 Å². The van der Waals surface area contributed by atoms with Crippen molar-refractivity contribution >= 4 is 5.97 Å². The topological polar surface area (TPSA) is 66.8 Å². The molecule has 0 aromatic rings. The first-order chi connectivity index (χ1) is 12.3. The Morgan fingerprint density at radius 1 is 0.769 bits per heavy atom. The van der Waals surface area contributed by atoms with E-state index in [1.807, 2.05) is 0 Å². The largest absolute Gasteiger partial charge is 0.462 e. The van der Waals surface area contributed by atoms with E-state index in [9.17, 15) is 15.0 Å². The number of rotatable bonds is 16. The van der Waals surface area contributed by atoms with E-state index in [4.69, 9.17) is 4.74 Å². The highest BCUT2D eigenvalue weighted by molar-refractivity contribution is 5.75. The maximum atomic E-state index is 11.6. The molecule has 26 heavy (non-hydrogen) atoms. The van der Waals surface area contributed by atoms with Gasteiger partial charge in [-0.2, -0.15) is 0 Å². The molecule has 0 aliphatic rings. The standard InChI is InChI=1S/C22H44O4/c1-5-6-7-8-9-10-11-12-13-14-15-16-17-19(23)20(24)18-26-21(25)22(2,3)4/h19-20,23-24H,5-18H2,1-4H3/t19-,20+/m1/s1. The Morgan fingerprint density at radius 3 is 1.62 bits per heavy atom. The minimum Gasteiger partial charge on any atom is -0.462 e. The summed E-state index contributed by atoms with van der Waals surface area (Å²) >= 11 is 0. The van der Waals surface area contributed by atoms with E-state index in [-0.39, 0.29) is 12.6 Å². The van der Waals surface area contributed by atoms with E-state index in [1.54, 1.807) is 20.8 Å². The van der Waals surface area contributed by atoms with Crippen molar-refractivity contribution in [2.45, 2.75) is 123 Å². The summed E-state index contributed by atoms with van der Waals surface area (Å²) in [6, 6.07) is 0. The fraction of sp³-hybridized carbons (Fsp3) is 0.955. The van der Waals surface area contributed by atoms with Crippen molar-refractivity contribution in [3.05, 3.63) is 0 Å². The molecule has 2 N–H and O–H groups in total. The highest BCUT2D eigenvalue weighted by Crippen LogP contribution is 2.16. The van der Waals surface area contributed by atoms with Crippen LogP contribution < -0.4 is 0 Å². The number of carbonyl (C=O) groups excluding carboxylic acids is 1. The number of hydrogen-bond donors (Lipinski definition) is 2. The Bertz CT molecular complexity index is 336. The van der Waals surface area contributed by atoms with Crippen molar-refractivity contribution in [1.29, 1.82) is 0 Å². The zero-order valence-electron chi connectivity index (χ0n) is 17.8. The summed E-state index contributed by atoms with van der Waals surface area (Å²) in [4.78, 5) is 11.6. The van der Waals surface area contributed by atoms with Crippen LogP contribution in [0.15, 0.2) is 0 Å². The fourth-order valence-electron chi connectivity index (χ4n) is 2.88. The van der Waals surface area contributed by atoms with Crippen LogP contribution in [0.2, 0.25) is 0 Å². The first-order valence-electron chi connectivity index (χ1n) is 10.8. The van der Waals surface area contributed by atoms with Gasteiger partial charge in [0.2, 0.25) is 0 Å². The van der Waals surface area contributed by atoms with Crippen LogP contribution in [-0.4, -0.2) is 35.0 Å². The normalized spacial score (nSPS) is 14.2. The second kappa shape index (κ2) is 15.4. The van der Waals surface area contributed by atoms with Crippen molar-refractivity contribution in [1.82, 2.24) is 0 Å². The van der Waals surface area contributed by atoms with Crippen LogP contribution >= 0.6 is 0 Å². The quantitative estimate of drug-likeness (QED) is 0.282. The number of esters is 1. The second-order valence-corrected chi connectivity index (χ2v) is 8.66. The molecule has 0 amide bonds. The molecule has 0 unspecified atom stereocenters. The molecule has 0 bridgehead atoms. The van der Waals surface area contributed by atoms with Crippen molar-refractivity contribution in [2.24, 2.45) is 5.41 Å². The molecule has 0 saturated heterocycles. The summed E-state index contributed by atoms with van der Waals surface area (Å²) in [6.45, 7) is 7.43. The van der Waals surface area contributed by atoms with Crippen LogP contribution in [0.1, 0.15) is 111 Å². The maximum Gasteiger partial charge on any atom is 0.311 e. The summed E-state index contributed by atoms with van der Waals surface area (Å²) in [6.07, 6.45) is 14.1. The predicted octanol–water partition coefficient (Wildman–Crippen LogP) is 5.39. The van der Waals surface area contributed by atoms with Crippen LogP contribution in [0, 0.1) is 5.41 Å². The summed E-state index contributed by atoms with van der Waals surface area (Å²) in [5, 5.41) is 19.8. The lowest BCUT2D eigenvalue weighted by molar-refractivity contribution is -0.158. The molecule has 156 valence electrons. The van der Waals surface area contributed by atoms with Gasteiger partial charge in [-0.15, -0.1) is 0 Å². The smallest absolute Gasteiger partial charge is 0.311 e. The van der Waals surface area contributed by atoms with E-state index in [1.165, 1.54) is 64.2 Å². The third-order valence-corrected chi connectivity index (χ3v) is 4.80. The molecule has 2 atom stereocenters. The summed E-state index contributed by atoms with van der Waals surface area (Å²) in [7, 11) is 0. The summed E-state index contributed by atoms with van der Waals surface area (Å²) < 4.78 is 5.05. The SMILES string of the molecule is CCCCCCCCCCCCCC[C@@H](O)[C@@H](O)COC(=O)C(C)(C)C. The van der Waals surface area contributed by atoms with Gasteiger partial charge in [-0.3, -0.25) is 4.79 Å². The molecule has 0 aliphatic heterocycles. The Labute approximate surface area is 161 Å². The highest BCUT2D eigenvalue weighted by atomic mass is 16.5. The van der Waals surface area contributed by atoms with Crippen LogP contribution in [0.4, 0.5) is 0 Å². The number of carbonyl (C=O) groups is 1. The van der Waals surface area contributed by atoms with Crippen LogP contribution in [0.5, 0.6) is 0 Å². The van der Waals surface area contributed by atoms with Gasteiger partial charge in [-0.1, -0.05) is 84.0 Å². The Morgan fingerprint density at radius 2 is 1.19 bits per heavy atom. The van der Waals surface area contributed by atoms with Crippen molar-refractivity contribution in [3.63, 3.8) is 0 Å². The number of hydrogen-bond acceptors (Lipinski definition) is 4. The van der Waals surface area contributed by atoms with Gasteiger partial charge in [0.25, 0.3) is 0 Å². The average Bonchev–Trinajstić information content (AvgIpc) is 2.59. The van der Waals surface area contributed by atoms with Crippen LogP contribution in [0.25, 0.3) is 0 Å². The van der Waals surface area contributed by atoms with Gasteiger partial charge < -0.3 is 14.9 Å². The summed E-state index contributed by atoms with van der Waals surface area (Å²) in [5.74, 6) is -0.353. The van der Waals surface area contributed by atoms with Crippen molar-refractivity contribution < 1.29 is 19.7 Å². The molecule has 0 spiro atoms. The van der Waals surface area contributed by atoms with Gasteiger partial charge in [0.1, 0.15) is 12.7 Å². The molecule has 0 heterocycles. The van der Waals surface area contributed by atoms with Gasteiger partial charge in [-0.25, -0.2) is 0 Å². The average molecular weight is 373 g/mol.